The van der Waals surface area contributed by atoms with Crippen LogP contribution < -0.4 is 0 Å². The molecule has 2 nitrogen and oxygen atoms in total. The van der Waals surface area contributed by atoms with Crippen molar-refractivity contribution >= 4 is 0 Å². The van der Waals surface area contributed by atoms with Crippen molar-refractivity contribution in [1.82, 2.24) is 9.80 Å². The Morgan fingerprint density at radius 2 is 2.00 bits per heavy atom. The highest BCUT2D eigenvalue weighted by Crippen LogP contribution is 2.31. The molecule has 0 bridgehead atoms. The van der Waals surface area contributed by atoms with Gasteiger partial charge in [-0.2, -0.15) is 0 Å². The molecular weight excluding hydrogens is 196 g/mol. The topological polar surface area (TPSA) is 6.25 Å². The van der Waals surface area contributed by atoms with Crippen molar-refractivity contribution < 1.29 is 0 Å². The molecule has 0 aromatic rings. The van der Waals surface area contributed by atoms with Gasteiger partial charge < -0.3 is 0 Å². The molecule has 0 saturated carbocycles. The third-order valence-electron chi connectivity index (χ3n) is 4.56. The van der Waals surface area contributed by atoms with Gasteiger partial charge in [-0.25, -0.2) is 0 Å². The van der Waals surface area contributed by atoms with Gasteiger partial charge in [0.15, 0.2) is 0 Å². The third-order valence-corrected chi connectivity index (χ3v) is 4.56. The van der Waals surface area contributed by atoms with Crippen molar-refractivity contribution in [1.29, 1.82) is 0 Å². The first-order valence-corrected chi connectivity index (χ1v) is 7.10. The van der Waals surface area contributed by atoms with Crippen LogP contribution in [0.25, 0.3) is 0 Å². The van der Waals surface area contributed by atoms with Gasteiger partial charge in [0.1, 0.15) is 0 Å². The highest BCUT2D eigenvalue weighted by molar-refractivity contribution is 4.94. The summed E-state index contributed by atoms with van der Waals surface area (Å²) < 4.78 is 0. The van der Waals surface area contributed by atoms with Gasteiger partial charge in [0, 0.05) is 25.2 Å². The summed E-state index contributed by atoms with van der Waals surface area (Å²) >= 11 is 0. The fourth-order valence-electron chi connectivity index (χ4n) is 3.20. The molecule has 0 aromatic heterocycles. The van der Waals surface area contributed by atoms with E-state index in [1.807, 2.05) is 0 Å². The quantitative estimate of drug-likeness (QED) is 0.677. The van der Waals surface area contributed by atoms with Gasteiger partial charge in [-0.05, 0) is 31.6 Å². The normalized spacial score (nSPS) is 38.6. The molecule has 2 fully saturated rings. The van der Waals surface area contributed by atoms with E-state index in [1.165, 1.54) is 39.0 Å². The molecule has 0 radical (unpaired) electrons. The molecule has 16 heavy (non-hydrogen) atoms. The van der Waals surface area contributed by atoms with Gasteiger partial charge >= 0.3 is 0 Å². The lowest BCUT2D eigenvalue weighted by molar-refractivity contribution is 0.115. The van der Waals surface area contributed by atoms with E-state index < -0.39 is 0 Å². The fourth-order valence-corrected chi connectivity index (χ4v) is 3.20. The zero-order chi connectivity index (χ0) is 11.7. The molecule has 2 heteroatoms. The van der Waals surface area contributed by atoms with Crippen molar-refractivity contribution in [2.75, 3.05) is 19.8 Å². The molecular formula is C14H28N2. The van der Waals surface area contributed by atoms with E-state index in [-0.39, 0.29) is 0 Å². The molecule has 2 saturated heterocycles. The molecule has 94 valence electrons. The molecule has 0 aliphatic carbocycles. The molecule has 5 atom stereocenters. The van der Waals surface area contributed by atoms with E-state index in [9.17, 15) is 0 Å². The standard InChI is InChI=1S/C14H28N2/c1-5-6-12(3)13(4)15-8-11(2)7-14-9-16(14)10-15/h11-14H,5-10H2,1-4H3/t11?,12-,13?,14?,16?/m0/s1. The average molecular weight is 224 g/mol. The van der Waals surface area contributed by atoms with E-state index in [4.69, 9.17) is 0 Å². The summed E-state index contributed by atoms with van der Waals surface area (Å²) in [4.78, 5) is 5.36. The molecule has 2 aliphatic heterocycles. The van der Waals surface area contributed by atoms with Gasteiger partial charge in [0.2, 0.25) is 0 Å². The summed E-state index contributed by atoms with van der Waals surface area (Å²) in [6, 6.07) is 1.68. The summed E-state index contributed by atoms with van der Waals surface area (Å²) in [6.07, 6.45) is 4.11. The Morgan fingerprint density at radius 1 is 1.25 bits per heavy atom. The van der Waals surface area contributed by atoms with Gasteiger partial charge in [0.25, 0.3) is 0 Å². The lowest BCUT2D eigenvalue weighted by Crippen LogP contribution is -2.42. The number of rotatable bonds is 4. The lowest BCUT2D eigenvalue weighted by atomic mass is 9.96. The van der Waals surface area contributed by atoms with Crippen LogP contribution in [0.3, 0.4) is 0 Å². The summed E-state index contributed by atoms with van der Waals surface area (Å²) in [5.41, 5.74) is 0. The maximum absolute atomic E-state index is 2.72. The van der Waals surface area contributed by atoms with Crippen LogP contribution in [0.5, 0.6) is 0 Å². The molecule has 2 aliphatic rings. The summed E-state index contributed by atoms with van der Waals surface area (Å²) in [7, 11) is 0. The second kappa shape index (κ2) is 5.05. The zero-order valence-corrected chi connectivity index (χ0v) is 11.4. The Labute approximate surface area is 101 Å². The monoisotopic (exact) mass is 224 g/mol. The number of hydrogen-bond acceptors (Lipinski definition) is 2. The highest BCUT2D eigenvalue weighted by atomic mass is 15.4. The molecule has 2 heterocycles. The van der Waals surface area contributed by atoms with Crippen molar-refractivity contribution in [3.05, 3.63) is 0 Å². The predicted molar refractivity (Wildman–Crippen MR) is 69.4 cm³/mol. The molecule has 0 N–H and O–H groups in total. The van der Waals surface area contributed by atoms with Crippen molar-refractivity contribution in [3.8, 4) is 0 Å². The van der Waals surface area contributed by atoms with E-state index >= 15 is 0 Å². The Balaban J connectivity index is 1.91. The molecule has 0 amide bonds. The Bertz CT molecular complexity index is 227. The van der Waals surface area contributed by atoms with Crippen molar-refractivity contribution in [2.45, 2.75) is 59.0 Å². The van der Waals surface area contributed by atoms with Gasteiger partial charge in [-0.1, -0.05) is 27.2 Å². The van der Waals surface area contributed by atoms with Crippen LogP contribution in [-0.2, 0) is 0 Å². The predicted octanol–water partition coefficient (Wildman–Crippen LogP) is 2.79. The van der Waals surface area contributed by atoms with Crippen LogP contribution in [0.1, 0.15) is 47.0 Å². The SMILES string of the molecule is CCC[C@H](C)C(C)N1CC(C)CC2CN2C1. The van der Waals surface area contributed by atoms with Crippen LogP contribution in [0.4, 0.5) is 0 Å². The Kier molecular flexibility index (Phi) is 3.91. The van der Waals surface area contributed by atoms with Crippen molar-refractivity contribution in [2.24, 2.45) is 11.8 Å². The molecule has 0 spiro atoms. The first kappa shape index (κ1) is 12.4. The van der Waals surface area contributed by atoms with E-state index in [1.54, 1.807) is 0 Å². The second-order valence-electron chi connectivity index (χ2n) is 6.19. The maximum atomic E-state index is 2.72. The smallest absolute Gasteiger partial charge is 0.0512 e. The number of fused-ring (bicyclic) bond motifs is 1. The van der Waals surface area contributed by atoms with Crippen LogP contribution in [-0.4, -0.2) is 41.6 Å². The van der Waals surface area contributed by atoms with Crippen LogP contribution in [0, 0.1) is 11.8 Å². The molecule has 4 unspecified atom stereocenters. The van der Waals surface area contributed by atoms with Crippen molar-refractivity contribution in [3.63, 3.8) is 0 Å². The number of hydrogen-bond donors (Lipinski definition) is 0. The van der Waals surface area contributed by atoms with Crippen LogP contribution in [0.2, 0.25) is 0 Å². The van der Waals surface area contributed by atoms with Gasteiger partial charge in [0.05, 0.1) is 6.67 Å². The lowest BCUT2D eigenvalue weighted by Gasteiger charge is -2.34. The average Bonchev–Trinajstić information content (AvgIpc) is 2.94. The minimum Gasteiger partial charge on any atom is -0.287 e. The Morgan fingerprint density at radius 3 is 2.69 bits per heavy atom. The molecule has 2 rings (SSSR count). The maximum Gasteiger partial charge on any atom is 0.0512 e. The fraction of sp³-hybridized carbons (Fsp3) is 1.00. The summed E-state index contributed by atoms with van der Waals surface area (Å²) in [5.74, 6) is 1.72. The van der Waals surface area contributed by atoms with Crippen LogP contribution in [0.15, 0.2) is 0 Å². The third kappa shape index (κ3) is 2.78. The Hall–Kier alpha value is -0.0800. The van der Waals surface area contributed by atoms with E-state index in [0.29, 0.717) is 0 Å². The largest absolute Gasteiger partial charge is 0.287 e. The molecule has 0 aromatic carbocycles. The minimum atomic E-state index is 0.752. The number of nitrogens with zero attached hydrogens (tertiary/aromatic N) is 2. The van der Waals surface area contributed by atoms with E-state index in [2.05, 4.69) is 37.5 Å². The summed E-state index contributed by atoms with van der Waals surface area (Å²) in [6.45, 7) is 13.5. The zero-order valence-electron chi connectivity index (χ0n) is 11.4. The van der Waals surface area contributed by atoms with E-state index in [0.717, 1.165) is 23.9 Å². The second-order valence-corrected chi connectivity index (χ2v) is 6.19. The minimum absolute atomic E-state index is 0.752. The van der Waals surface area contributed by atoms with Crippen LogP contribution >= 0.6 is 0 Å². The van der Waals surface area contributed by atoms with Gasteiger partial charge in [-0.15, -0.1) is 0 Å². The first-order valence-electron chi connectivity index (χ1n) is 7.10. The first-order chi connectivity index (χ1) is 7.61. The summed E-state index contributed by atoms with van der Waals surface area (Å²) in [5, 5.41) is 0. The van der Waals surface area contributed by atoms with Gasteiger partial charge in [-0.3, -0.25) is 9.80 Å². The highest BCUT2D eigenvalue weighted by Gasteiger charge is 2.40.